The highest BCUT2D eigenvalue weighted by molar-refractivity contribution is 5.56. The quantitative estimate of drug-likeness (QED) is 0.578. The maximum atomic E-state index is 10.4. The summed E-state index contributed by atoms with van der Waals surface area (Å²) >= 11 is 0. The molecule has 1 unspecified atom stereocenters. The predicted molar refractivity (Wildman–Crippen MR) is 87.3 cm³/mol. The Balaban J connectivity index is 2.07. The largest absolute Gasteiger partial charge is 0.505 e. The van der Waals surface area contributed by atoms with E-state index < -0.39 is 6.16 Å². The number of benzene rings is 2. The molecule has 0 radical (unpaired) electrons. The molecule has 0 bridgehead atoms. The first-order chi connectivity index (χ1) is 10.7. The molecule has 0 aliphatic heterocycles. The highest BCUT2D eigenvalue weighted by Crippen LogP contribution is 2.31. The van der Waals surface area contributed by atoms with Crippen LogP contribution in [0.5, 0.6) is 0 Å². The molecule has 3 heteroatoms. The van der Waals surface area contributed by atoms with Crippen molar-refractivity contribution in [2.75, 3.05) is 6.61 Å². The Labute approximate surface area is 131 Å². The van der Waals surface area contributed by atoms with Gasteiger partial charge in [-0.3, -0.25) is 0 Å². The normalized spacial score (nSPS) is 11.9. The average molecular weight is 298 g/mol. The van der Waals surface area contributed by atoms with E-state index in [2.05, 4.69) is 60.2 Å². The number of aryl methyl sites for hydroxylation is 1. The van der Waals surface area contributed by atoms with E-state index in [9.17, 15) is 4.79 Å². The van der Waals surface area contributed by atoms with Crippen LogP contribution in [0.2, 0.25) is 0 Å². The van der Waals surface area contributed by atoms with Gasteiger partial charge in [-0.05, 0) is 42.9 Å². The van der Waals surface area contributed by atoms with E-state index in [1.807, 2.05) is 6.07 Å². The van der Waals surface area contributed by atoms with Crippen LogP contribution in [-0.2, 0) is 4.74 Å². The molecule has 0 saturated heterocycles. The fourth-order valence-electron chi connectivity index (χ4n) is 2.77. The van der Waals surface area contributed by atoms with Gasteiger partial charge in [0.15, 0.2) is 0 Å². The van der Waals surface area contributed by atoms with Crippen molar-refractivity contribution in [3.05, 3.63) is 71.3 Å². The fraction of sp³-hybridized carbons (Fsp3) is 0.316. The molecule has 22 heavy (non-hydrogen) atoms. The van der Waals surface area contributed by atoms with Crippen molar-refractivity contribution < 1.29 is 14.6 Å². The Bertz CT molecular complexity index is 593. The molecule has 0 aromatic heterocycles. The van der Waals surface area contributed by atoms with Crippen molar-refractivity contribution >= 4 is 6.16 Å². The Hall–Kier alpha value is -2.29. The van der Waals surface area contributed by atoms with Gasteiger partial charge in [-0.25, -0.2) is 4.79 Å². The van der Waals surface area contributed by atoms with Gasteiger partial charge in [0.05, 0.1) is 6.61 Å². The summed E-state index contributed by atoms with van der Waals surface area (Å²) in [5.74, 6) is 0.340. The topological polar surface area (TPSA) is 46.5 Å². The molecular weight excluding hydrogens is 276 g/mol. The first kappa shape index (κ1) is 16.1. The van der Waals surface area contributed by atoms with Crippen LogP contribution in [-0.4, -0.2) is 17.9 Å². The molecule has 1 atom stereocenters. The van der Waals surface area contributed by atoms with E-state index in [1.165, 1.54) is 16.7 Å². The van der Waals surface area contributed by atoms with Crippen molar-refractivity contribution in [1.29, 1.82) is 0 Å². The van der Waals surface area contributed by atoms with E-state index in [0.717, 1.165) is 19.3 Å². The Morgan fingerprint density at radius 3 is 2.41 bits per heavy atom. The Morgan fingerprint density at radius 1 is 1.05 bits per heavy atom. The van der Waals surface area contributed by atoms with Crippen LogP contribution in [0, 0.1) is 6.92 Å². The van der Waals surface area contributed by atoms with Crippen molar-refractivity contribution in [3.8, 4) is 0 Å². The molecule has 3 nitrogen and oxygen atoms in total. The van der Waals surface area contributed by atoms with Crippen molar-refractivity contribution in [1.82, 2.24) is 0 Å². The monoisotopic (exact) mass is 298 g/mol. The lowest BCUT2D eigenvalue weighted by atomic mass is 9.85. The number of rotatable bonds is 7. The van der Waals surface area contributed by atoms with Crippen LogP contribution in [0.3, 0.4) is 0 Å². The van der Waals surface area contributed by atoms with E-state index in [4.69, 9.17) is 5.11 Å². The predicted octanol–water partition coefficient (Wildman–Crippen LogP) is 4.99. The summed E-state index contributed by atoms with van der Waals surface area (Å²) in [6.45, 7) is 2.41. The van der Waals surface area contributed by atoms with Crippen LogP contribution in [0.1, 0.15) is 41.9 Å². The molecule has 2 rings (SSSR count). The number of carboxylic acid groups (broad SMARTS) is 1. The molecule has 0 spiro atoms. The summed E-state index contributed by atoms with van der Waals surface area (Å²) in [6.07, 6.45) is 1.47. The van der Waals surface area contributed by atoms with Gasteiger partial charge in [0.2, 0.25) is 0 Å². The van der Waals surface area contributed by atoms with Gasteiger partial charge in [0.1, 0.15) is 0 Å². The zero-order chi connectivity index (χ0) is 15.8. The summed E-state index contributed by atoms with van der Waals surface area (Å²) in [6, 6.07) is 18.9. The van der Waals surface area contributed by atoms with Gasteiger partial charge >= 0.3 is 6.16 Å². The van der Waals surface area contributed by atoms with Crippen LogP contribution in [0.25, 0.3) is 0 Å². The van der Waals surface area contributed by atoms with Gasteiger partial charge in [0, 0.05) is 5.92 Å². The van der Waals surface area contributed by atoms with E-state index in [-0.39, 0.29) is 6.61 Å². The number of hydrogen-bond acceptors (Lipinski definition) is 2. The zero-order valence-corrected chi connectivity index (χ0v) is 12.9. The van der Waals surface area contributed by atoms with Crippen molar-refractivity contribution in [2.24, 2.45) is 0 Å². The molecule has 0 amide bonds. The van der Waals surface area contributed by atoms with Crippen LogP contribution >= 0.6 is 0 Å². The van der Waals surface area contributed by atoms with Gasteiger partial charge in [0.25, 0.3) is 0 Å². The Kier molecular flexibility index (Phi) is 6.01. The van der Waals surface area contributed by atoms with Gasteiger partial charge < -0.3 is 9.84 Å². The van der Waals surface area contributed by atoms with Crippen LogP contribution in [0.4, 0.5) is 4.79 Å². The summed E-state index contributed by atoms with van der Waals surface area (Å²) < 4.78 is 4.58. The van der Waals surface area contributed by atoms with Gasteiger partial charge in [-0.15, -0.1) is 0 Å². The number of carbonyl (C=O) groups is 1. The second-order valence-corrected chi connectivity index (χ2v) is 5.43. The third-order valence-corrected chi connectivity index (χ3v) is 3.88. The number of hydrogen-bond donors (Lipinski definition) is 1. The maximum Gasteiger partial charge on any atom is 0.505 e. The SMILES string of the molecule is Cc1ccccc1C(CCCCOC(=O)O)c1ccccc1. The summed E-state index contributed by atoms with van der Waals surface area (Å²) in [4.78, 5) is 10.4. The minimum absolute atomic E-state index is 0.268. The number of unbranched alkanes of at least 4 members (excludes halogenated alkanes) is 1. The molecule has 0 heterocycles. The second-order valence-electron chi connectivity index (χ2n) is 5.43. The first-order valence-corrected chi connectivity index (χ1v) is 7.64. The van der Waals surface area contributed by atoms with Crippen LogP contribution < -0.4 is 0 Å². The zero-order valence-electron chi connectivity index (χ0n) is 12.9. The minimum atomic E-state index is -1.20. The van der Waals surface area contributed by atoms with Crippen molar-refractivity contribution in [2.45, 2.75) is 32.1 Å². The third kappa shape index (κ3) is 4.62. The summed E-state index contributed by atoms with van der Waals surface area (Å²) in [5, 5.41) is 8.49. The van der Waals surface area contributed by atoms with E-state index >= 15 is 0 Å². The highest BCUT2D eigenvalue weighted by atomic mass is 16.7. The molecule has 0 aliphatic carbocycles. The summed E-state index contributed by atoms with van der Waals surface area (Å²) in [5.41, 5.74) is 3.93. The highest BCUT2D eigenvalue weighted by Gasteiger charge is 2.15. The second kappa shape index (κ2) is 8.23. The lowest BCUT2D eigenvalue weighted by Crippen LogP contribution is -2.05. The lowest BCUT2D eigenvalue weighted by Gasteiger charge is -2.20. The first-order valence-electron chi connectivity index (χ1n) is 7.64. The van der Waals surface area contributed by atoms with E-state index in [1.54, 1.807) is 0 Å². The van der Waals surface area contributed by atoms with Gasteiger partial charge in [-0.1, -0.05) is 54.6 Å². The minimum Gasteiger partial charge on any atom is -0.450 e. The van der Waals surface area contributed by atoms with Crippen molar-refractivity contribution in [3.63, 3.8) is 0 Å². The molecular formula is C19H22O3. The standard InChI is InChI=1S/C19H22O3/c1-15-9-5-6-12-17(15)18(16-10-3-2-4-11-16)13-7-8-14-22-19(20)21/h2-6,9-12,18H,7-8,13-14H2,1H3,(H,20,21). The fourth-order valence-corrected chi connectivity index (χ4v) is 2.77. The average Bonchev–Trinajstić information content (AvgIpc) is 2.52. The smallest absolute Gasteiger partial charge is 0.450 e. The molecule has 2 aromatic rings. The summed E-state index contributed by atoms with van der Waals surface area (Å²) in [7, 11) is 0. The molecule has 2 aromatic carbocycles. The Morgan fingerprint density at radius 2 is 1.73 bits per heavy atom. The lowest BCUT2D eigenvalue weighted by molar-refractivity contribution is 0.0899. The maximum absolute atomic E-state index is 10.4. The van der Waals surface area contributed by atoms with Crippen LogP contribution in [0.15, 0.2) is 54.6 Å². The number of ether oxygens (including phenoxy) is 1. The van der Waals surface area contributed by atoms with Gasteiger partial charge in [-0.2, -0.15) is 0 Å². The van der Waals surface area contributed by atoms with E-state index in [0.29, 0.717) is 5.92 Å². The molecule has 116 valence electrons. The molecule has 0 saturated carbocycles. The molecule has 1 N–H and O–H groups in total. The molecule has 0 fully saturated rings. The third-order valence-electron chi connectivity index (χ3n) is 3.88. The molecule has 0 aliphatic rings.